The van der Waals surface area contributed by atoms with E-state index >= 15 is 0 Å². The van der Waals surface area contributed by atoms with E-state index in [-0.39, 0.29) is 17.8 Å². The summed E-state index contributed by atoms with van der Waals surface area (Å²) in [7, 11) is 1.61. The Morgan fingerprint density at radius 3 is 2.74 bits per heavy atom. The van der Waals surface area contributed by atoms with Gasteiger partial charge in [0.25, 0.3) is 0 Å². The lowest BCUT2D eigenvalue weighted by Crippen LogP contribution is -2.22. The van der Waals surface area contributed by atoms with Crippen LogP contribution in [0.1, 0.15) is 37.1 Å². The summed E-state index contributed by atoms with van der Waals surface area (Å²) in [5, 5.41) is 20.1. The number of aromatic amines is 1. The van der Waals surface area contributed by atoms with Gasteiger partial charge in [-0.15, -0.1) is 0 Å². The zero-order valence-electron chi connectivity index (χ0n) is 11.3. The van der Waals surface area contributed by atoms with Gasteiger partial charge in [-0.25, -0.2) is 0 Å². The minimum atomic E-state index is -0.000000000000000222. The van der Waals surface area contributed by atoms with E-state index in [9.17, 15) is 5.11 Å². The number of nitrogens with zero attached hydrogens (tertiary/aromatic N) is 1. The van der Waals surface area contributed by atoms with E-state index in [4.69, 9.17) is 4.74 Å². The molecule has 2 unspecified atom stereocenters. The number of ether oxygens (including phenoxy) is 1. The van der Waals surface area contributed by atoms with Gasteiger partial charge in [-0.05, 0) is 32.0 Å². The standard InChI is InChI=1S/C14H19N3O2/c1-9(11-7-15-16-8-11)17-10(2)13-6-12(19-3)4-5-14(13)18/h4-10,17-18H,1-3H3,(H,15,16). The molecule has 1 heterocycles. The van der Waals surface area contributed by atoms with E-state index in [0.717, 1.165) is 16.9 Å². The number of H-pyrrole nitrogens is 1. The Labute approximate surface area is 112 Å². The van der Waals surface area contributed by atoms with Crippen molar-refractivity contribution in [2.24, 2.45) is 0 Å². The van der Waals surface area contributed by atoms with E-state index < -0.39 is 0 Å². The van der Waals surface area contributed by atoms with Crippen molar-refractivity contribution in [2.75, 3.05) is 7.11 Å². The molecule has 0 aliphatic carbocycles. The van der Waals surface area contributed by atoms with Crippen LogP contribution in [-0.2, 0) is 0 Å². The Hall–Kier alpha value is -2.01. The van der Waals surface area contributed by atoms with Gasteiger partial charge < -0.3 is 15.2 Å². The maximum absolute atomic E-state index is 9.93. The third kappa shape index (κ3) is 3.06. The Morgan fingerprint density at radius 1 is 1.32 bits per heavy atom. The fourth-order valence-electron chi connectivity index (χ4n) is 2.07. The van der Waals surface area contributed by atoms with Crippen molar-refractivity contribution in [1.82, 2.24) is 15.5 Å². The molecule has 0 aliphatic heterocycles. The molecule has 0 bridgehead atoms. The number of phenolic OH excluding ortho intramolecular Hbond substituents is 1. The SMILES string of the molecule is COc1ccc(O)c(C(C)NC(C)c2cn[nH]c2)c1. The predicted molar refractivity (Wildman–Crippen MR) is 73.2 cm³/mol. The molecule has 3 N–H and O–H groups in total. The van der Waals surface area contributed by atoms with E-state index in [1.807, 2.05) is 19.2 Å². The van der Waals surface area contributed by atoms with E-state index in [1.54, 1.807) is 25.4 Å². The fraction of sp³-hybridized carbons (Fsp3) is 0.357. The van der Waals surface area contributed by atoms with E-state index in [1.165, 1.54) is 0 Å². The maximum Gasteiger partial charge on any atom is 0.120 e. The lowest BCUT2D eigenvalue weighted by Gasteiger charge is -2.20. The van der Waals surface area contributed by atoms with Crippen molar-refractivity contribution in [3.05, 3.63) is 41.7 Å². The second kappa shape index (κ2) is 5.75. The zero-order chi connectivity index (χ0) is 13.8. The highest BCUT2D eigenvalue weighted by atomic mass is 16.5. The molecule has 102 valence electrons. The molecule has 1 aromatic carbocycles. The number of hydrogen-bond donors (Lipinski definition) is 3. The summed E-state index contributed by atoms with van der Waals surface area (Å²) < 4.78 is 5.18. The molecule has 0 spiro atoms. The molecule has 0 amide bonds. The number of methoxy groups -OCH3 is 1. The van der Waals surface area contributed by atoms with Crippen LogP contribution in [0.25, 0.3) is 0 Å². The first-order valence-corrected chi connectivity index (χ1v) is 6.23. The first kappa shape index (κ1) is 13.4. The lowest BCUT2D eigenvalue weighted by molar-refractivity contribution is 0.405. The molecule has 0 saturated carbocycles. The first-order chi connectivity index (χ1) is 9.11. The van der Waals surface area contributed by atoms with Crippen LogP contribution in [-0.4, -0.2) is 22.4 Å². The van der Waals surface area contributed by atoms with Crippen LogP contribution in [0.2, 0.25) is 0 Å². The lowest BCUT2D eigenvalue weighted by atomic mass is 10.0. The number of benzene rings is 1. The van der Waals surface area contributed by atoms with Crippen molar-refractivity contribution in [3.63, 3.8) is 0 Å². The highest BCUT2D eigenvalue weighted by Crippen LogP contribution is 2.29. The monoisotopic (exact) mass is 261 g/mol. The van der Waals surface area contributed by atoms with Gasteiger partial charge in [0.15, 0.2) is 0 Å². The Kier molecular flexibility index (Phi) is 4.06. The smallest absolute Gasteiger partial charge is 0.120 e. The number of rotatable bonds is 5. The van der Waals surface area contributed by atoms with Gasteiger partial charge in [-0.3, -0.25) is 5.10 Å². The van der Waals surface area contributed by atoms with E-state index in [0.29, 0.717) is 0 Å². The van der Waals surface area contributed by atoms with Crippen molar-refractivity contribution in [3.8, 4) is 11.5 Å². The Balaban J connectivity index is 2.13. The summed E-state index contributed by atoms with van der Waals surface area (Å²) in [6.45, 7) is 4.06. The van der Waals surface area contributed by atoms with Gasteiger partial charge in [-0.2, -0.15) is 5.10 Å². The normalized spacial score (nSPS) is 14.1. The molecule has 0 aliphatic rings. The predicted octanol–water partition coefficient (Wildman–Crippen LogP) is 2.54. The Bertz CT molecular complexity index is 525. The number of aromatic hydroxyl groups is 1. The van der Waals surface area contributed by atoms with Gasteiger partial charge in [0.1, 0.15) is 11.5 Å². The van der Waals surface area contributed by atoms with Crippen LogP contribution < -0.4 is 10.1 Å². The topological polar surface area (TPSA) is 70.2 Å². The number of nitrogens with one attached hydrogen (secondary N) is 2. The van der Waals surface area contributed by atoms with Crippen molar-refractivity contribution >= 4 is 0 Å². The molecule has 2 atom stereocenters. The van der Waals surface area contributed by atoms with Crippen molar-refractivity contribution < 1.29 is 9.84 Å². The minimum absolute atomic E-state index is 0.000000000000000222. The molecule has 1 aromatic heterocycles. The van der Waals surface area contributed by atoms with Gasteiger partial charge in [0.05, 0.1) is 13.3 Å². The zero-order valence-corrected chi connectivity index (χ0v) is 11.3. The van der Waals surface area contributed by atoms with E-state index in [2.05, 4.69) is 22.4 Å². The van der Waals surface area contributed by atoms with Crippen molar-refractivity contribution in [2.45, 2.75) is 25.9 Å². The average Bonchev–Trinajstić information content (AvgIpc) is 2.93. The summed E-state index contributed by atoms with van der Waals surface area (Å²) in [6, 6.07) is 5.37. The largest absolute Gasteiger partial charge is 0.508 e. The molecule has 0 fully saturated rings. The summed E-state index contributed by atoms with van der Waals surface area (Å²) >= 11 is 0. The van der Waals surface area contributed by atoms with Crippen LogP contribution in [0.5, 0.6) is 11.5 Å². The summed E-state index contributed by atoms with van der Waals surface area (Å²) in [5.41, 5.74) is 1.89. The third-order valence-corrected chi connectivity index (χ3v) is 3.22. The first-order valence-electron chi connectivity index (χ1n) is 6.23. The minimum Gasteiger partial charge on any atom is -0.508 e. The van der Waals surface area contributed by atoms with Gasteiger partial charge >= 0.3 is 0 Å². The van der Waals surface area contributed by atoms with Crippen LogP contribution in [0, 0.1) is 0 Å². The second-order valence-electron chi connectivity index (χ2n) is 4.57. The van der Waals surface area contributed by atoms with Gasteiger partial charge in [-0.1, -0.05) is 0 Å². The van der Waals surface area contributed by atoms with Crippen molar-refractivity contribution in [1.29, 1.82) is 0 Å². The molecular formula is C14H19N3O2. The summed E-state index contributed by atoms with van der Waals surface area (Å²) in [4.78, 5) is 0. The molecule has 0 radical (unpaired) electrons. The molecule has 2 aromatic rings. The van der Waals surface area contributed by atoms with Crippen LogP contribution >= 0.6 is 0 Å². The fourth-order valence-corrected chi connectivity index (χ4v) is 2.07. The number of phenols is 1. The third-order valence-electron chi connectivity index (χ3n) is 3.22. The number of hydrogen-bond acceptors (Lipinski definition) is 4. The Morgan fingerprint density at radius 2 is 2.11 bits per heavy atom. The number of aromatic nitrogens is 2. The summed E-state index contributed by atoms with van der Waals surface area (Å²) in [6.07, 6.45) is 3.64. The molecule has 5 heteroatoms. The molecule has 19 heavy (non-hydrogen) atoms. The molecule has 0 saturated heterocycles. The highest BCUT2D eigenvalue weighted by Gasteiger charge is 2.15. The summed E-state index contributed by atoms with van der Waals surface area (Å²) in [5.74, 6) is 0.998. The van der Waals surface area contributed by atoms with Gasteiger partial charge in [0, 0.05) is 29.4 Å². The maximum atomic E-state index is 9.93. The van der Waals surface area contributed by atoms with Crippen LogP contribution in [0.3, 0.4) is 0 Å². The molecule has 5 nitrogen and oxygen atoms in total. The quantitative estimate of drug-likeness (QED) is 0.773. The molecule has 2 rings (SSSR count). The van der Waals surface area contributed by atoms with Crippen LogP contribution in [0.15, 0.2) is 30.6 Å². The molecular weight excluding hydrogens is 242 g/mol. The highest BCUT2D eigenvalue weighted by molar-refractivity contribution is 5.41. The van der Waals surface area contributed by atoms with Crippen LogP contribution in [0.4, 0.5) is 0 Å². The van der Waals surface area contributed by atoms with Gasteiger partial charge in [0.2, 0.25) is 0 Å². The second-order valence-corrected chi connectivity index (χ2v) is 4.57. The average molecular weight is 261 g/mol.